The first-order valence-corrected chi connectivity index (χ1v) is 4.92. The van der Waals surface area contributed by atoms with Crippen molar-refractivity contribution >= 4 is 5.91 Å². The Morgan fingerprint density at radius 1 is 1.62 bits per heavy atom. The van der Waals surface area contributed by atoms with Gasteiger partial charge in [-0.3, -0.25) is 4.79 Å². The van der Waals surface area contributed by atoms with E-state index in [-0.39, 0.29) is 11.9 Å². The molecule has 74 valence electrons. The third-order valence-electron chi connectivity index (χ3n) is 2.32. The number of nitrogens with two attached hydrogens (primary N) is 1. The van der Waals surface area contributed by atoms with Crippen LogP contribution in [0.3, 0.4) is 0 Å². The van der Waals surface area contributed by atoms with Gasteiger partial charge in [-0.05, 0) is 32.6 Å². The van der Waals surface area contributed by atoms with Gasteiger partial charge in [0.2, 0.25) is 5.91 Å². The average Bonchev–Trinajstić information content (AvgIpc) is 2.56. The van der Waals surface area contributed by atoms with Crippen LogP contribution < -0.4 is 11.1 Å². The molecule has 0 heterocycles. The van der Waals surface area contributed by atoms with E-state index in [1.54, 1.807) is 6.08 Å². The van der Waals surface area contributed by atoms with Gasteiger partial charge in [-0.2, -0.15) is 0 Å². The molecule has 0 aromatic carbocycles. The Kier molecular flexibility index (Phi) is 3.96. The van der Waals surface area contributed by atoms with Gasteiger partial charge < -0.3 is 11.1 Å². The van der Waals surface area contributed by atoms with Gasteiger partial charge in [0.15, 0.2) is 0 Å². The van der Waals surface area contributed by atoms with Gasteiger partial charge in [0.05, 0.1) is 0 Å². The summed E-state index contributed by atoms with van der Waals surface area (Å²) in [6, 6.07) is 0.0748. The van der Waals surface area contributed by atoms with E-state index in [2.05, 4.69) is 5.32 Å². The van der Waals surface area contributed by atoms with Gasteiger partial charge >= 0.3 is 0 Å². The van der Waals surface area contributed by atoms with Crippen molar-refractivity contribution in [2.75, 3.05) is 6.54 Å². The molecule has 0 aromatic heterocycles. The highest BCUT2D eigenvalue weighted by Crippen LogP contribution is 2.23. The van der Waals surface area contributed by atoms with Gasteiger partial charge in [0.25, 0.3) is 0 Å². The van der Waals surface area contributed by atoms with Gasteiger partial charge in [0.1, 0.15) is 0 Å². The Bertz CT molecular complexity index is 203. The molecule has 0 bridgehead atoms. The highest BCUT2D eigenvalue weighted by atomic mass is 16.1. The van der Waals surface area contributed by atoms with Crippen LogP contribution in [-0.4, -0.2) is 18.5 Å². The van der Waals surface area contributed by atoms with Crippen molar-refractivity contribution in [2.24, 2.45) is 5.73 Å². The van der Waals surface area contributed by atoms with E-state index in [4.69, 9.17) is 5.73 Å². The zero-order valence-corrected chi connectivity index (χ0v) is 8.18. The molecule has 3 nitrogen and oxygen atoms in total. The molecule has 1 aliphatic carbocycles. The summed E-state index contributed by atoms with van der Waals surface area (Å²) in [5, 5.41) is 2.82. The molecule has 3 N–H and O–H groups in total. The molecule has 0 aliphatic heterocycles. The smallest absolute Gasteiger partial charge is 0.244 e. The Labute approximate surface area is 79.4 Å². The zero-order valence-electron chi connectivity index (χ0n) is 8.18. The standard InChI is InChI=1S/C10H18N2O/c1-8(7-11)12-10(13)6-9-4-2-3-5-9/h6,8H,2-5,7,11H2,1H3,(H,12,13)/t8-/m1/s1. The van der Waals surface area contributed by atoms with Crippen LogP contribution in [0.1, 0.15) is 32.6 Å². The number of allylic oxidation sites excluding steroid dienone is 1. The lowest BCUT2D eigenvalue weighted by Crippen LogP contribution is -2.36. The Morgan fingerprint density at radius 3 is 2.77 bits per heavy atom. The third kappa shape index (κ3) is 3.59. The largest absolute Gasteiger partial charge is 0.349 e. The quantitative estimate of drug-likeness (QED) is 0.638. The summed E-state index contributed by atoms with van der Waals surface area (Å²) in [5.41, 5.74) is 6.67. The molecule has 3 heteroatoms. The molecule has 0 unspecified atom stereocenters. The lowest BCUT2D eigenvalue weighted by atomic mass is 10.2. The first-order chi connectivity index (χ1) is 6.22. The van der Waals surface area contributed by atoms with Gasteiger partial charge in [0, 0.05) is 18.7 Å². The van der Waals surface area contributed by atoms with Crippen LogP contribution in [0.4, 0.5) is 0 Å². The second-order valence-corrected chi connectivity index (χ2v) is 3.66. The fourth-order valence-electron chi connectivity index (χ4n) is 1.50. The van der Waals surface area contributed by atoms with Crippen molar-refractivity contribution in [1.29, 1.82) is 0 Å². The summed E-state index contributed by atoms with van der Waals surface area (Å²) >= 11 is 0. The number of amides is 1. The second-order valence-electron chi connectivity index (χ2n) is 3.66. The number of carbonyl (C=O) groups is 1. The van der Waals surface area contributed by atoms with E-state index in [0.29, 0.717) is 6.54 Å². The minimum atomic E-state index is 0.00912. The molecule has 1 rings (SSSR count). The number of nitrogens with one attached hydrogen (secondary N) is 1. The average molecular weight is 182 g/mol. The number of rotatable bonds is 3. The molecule has 0 aromatic rings. The summed E-state index contributed by atoms with van der Waals surface area (Å²) in [5.74, 6) is 0.00912. The molecule has 1 atom stereocenters. The van der Waals surface area contributed by atoms with Gasteiger partial charge in [-0.15, -0.1) is 0 Å². The maximum Gasteiger partial charge on any atom is 0.244 e. The SMILES string of the molecule is C[C@H](CN)NC(=O)C=C1CCCC1. The van der Waals surface area contributed by atoms with Crippen molar-refractivity contribution in [3.8, 4) is 0 Å². The summed E-state index contributed by atoms with van der Waals surface area (Å²) in [6.07, 6.45) is 6.37. The molecular weight excluding hydrogens is 164 g/mol. The van der Waals surface area contributed by atoms with Crippen LogP contribution in [0.5, 0.6) is 0 Å². The molecule has 13 heavy (non-hydrogen) atoms. The van der Waals surface area contributed by atoms with E-state index in [1.165, 1.54) is 18.4 Å². The van der Waals surface area contributed by atoms with Crippen molar-refractivity contribution < 1.29 is 4.79 Å². The van der Waals surface area contributed by atoms with Crippen molar-refractivity contribution in [1.82, 2.24) is 5.32 Å². The van der Waals surface area contributed by atoms with Crippen molar-refractivity contribution in [2.45, 2.75) is 38.6 Å². The minimum Gasteiger partial charge on any atom is -0.349 e. The number of carbonyl (C=O) groups excluding carboxylic acids is 1. The Hall–Kier alpha value is -0.830. The van der Waals surface area contributed by atoms with Crippen molar-refractivity contribution in [3.63, 3.8) is 0 Å². The molecule has 1 fully saturated rings. The summed E-state index contributed by atoms with van der Waals surface area (Å²) in [7, 11) is 0. The first kappa shape index (κ1) is 10.3. The van der Waals surface area contributed by atoms with Crippen LogP contribution in [-0.2, 0) is 4.79 Å². The van der Waals surface area contributed by atoms with Crippen LogP contribution in [0.15, 0.2) is 11.6 Å². The maximum absolute atomic E-state index is 11.3. The monoisotopic (exact) mass is 182 g/mol. The highest BCUT2D eigenvalue weighted by molar-refractivity contribution is 5.88. The van der Waals surface area contributed by atoms with Crippen LogP contribution in [0, 0.1) is 0 Å². The zero-order chi connectivity index (χ0) is 9.68. The normalized spacial score (nSPS) is 18.5. The lowest BCUT2D eigenvalue weighted by molar-refractivity contribution is -0.117. The van der Waals surface area contributed by atoms with Crippen LogP contribution in [0.2, 0.25) is 0 Å². The topological polar surface area (TPSA) is 55.1 Å². The molecular formula is C10H18N2O. The Morgan fingerprint density at radius 2 is 2.23 bits per heavy atom. The molecule has 1 aliphatic rings. The highest BCUT2D eigenvalue weighted by Gasteiger charge is 2.09. The molecule has 0 radical (unpaired) electrons. The van der Waals surface area contributed by atoms with E-state index in [9.17, 15) is 4.79 Å². The Balaban J connectivity index is 2.35. The van der Waals surface area contributed by atoms with E-state index >= 15 is 0 Å². The molecule has 0 spiro atoms. The summed E-state index contributed by atoms with van der Waals surface area (Å²) in [4.78, 5) is 11.3. The maximum atomic E-state index is 11.3. The summed E-state index contributed by atoms with van der Waals surface area (Å²) in [6.45, 7) is 2.40. The number of hydrogen-bond donors (Lipinski definition) is 2. The number of hydrogen-bond acceptors (Lipinski definition) is 2. The fourth-order valence-corrected chi connectivity index (χ4v) is 1.50. The van der Waals surface area contributed by atoms with Crippen LogP contribution >= 0.6 is 0 Å². The predicted octanol–water partition coefficient (Wildman–Crippen LogP) is 0.950. The molecule has 1 amide bonds. The van der Waals surface area contributed by atoms with E-state index in [1.807, 2.05) is 6.92 Å². The second kappa shape index (κ2) is 5.02. The van der Waals surface area contributed by atoms with Gasteiger partial charge in [-0.1, -0.05) is 5.57 Å². The minimum absolute atomic E-state index is 0.00912. The summed E-state index contributed by atoms with van der Waals surface area (Å²) < 4.78 is 0. The van der Waals surface area contributed by atoms with E-state index in [0.717, 1.165) is 12.8 Å². The lowest BCUT2D eigenvalue weighted by Gasteiger charge is -2.09. The fraction of sp³-hybridized carbons (Fsp3) is 0.700. The first-order valence-electron chi connectivity index (χ1n) is 4.92. The molecule has 1 saturated carbocycles. The third-order valence-corrected chi connectivity index (χ3v) is 2.32. The predicted molar refractivity (Wildman–Crippen MR) is 53.2 cm³/mol. The van der Waals surface area contributed by atoms with Crippen molar-refractivity contribution in [3.05, 3.63) is 11.6 Å². The van der Waals surface area contributed by atoms with E-state index < -0.39 is 0 Å². The van der Waals surface area contributed by atoms with Crippen LogP contribution in [0.25, 0.3) is 0 Å². The molecule has 0 saturated heterocycles. The van der Waals surface area contributed by atoms with Gasteiger partial charge in [-0.25, -0.2) is 0 Å².